The summed E-state index contributed by atoms with van der Waals surface area (Å²) in [4.78, 5) is 37.0. The van der Waals surface area contributed by atoms with Gasteiger partial charge in [0.2, 0.25) is 0 Å². The number of amides is 1. The standard InChI is InChI=1S/C26H28N6O3/c1-15-9-10-20-17(12-15)19(14-30-20)23-13-18(16-6-3-4-7-21(16)31-23)24(33)32-22(25(34)35)8-5-11-29-26(27)28-2/h3-4,6-7,9-10,12-14,22,30H,5,8,11H2,1-2H3,(H,32,33)(H,34,35)(H3,27,28,29)/t22-/m0/s1. The fourth-order valence-corrected chi connectivity index (χ4v) is 4.04. The number of carboxylic acid groups (broad SMARTS) is 1. The SMILES string of the molecule is CN=C(N)NCCC[C@H](NC(=O)c1cc(-c2c[nH]c3ccc(C)cc23)nc2ccccc12)C(=O)O. The predicted molar refractivity (Wildman–Crippen MR) is 137 cm³/mol. The largest absolute Gasteiger partial charge is 0.480 e. The summed E-state index contributed by atoms with van der Waals surface area (Å²) < 4.78 is 0. The van der Waals surface area contributed by atoms with Crippen LogP contribution in [0.15, 0.2) is 59.7 Å². The number of guanidine groups is 1. The van der Waals surface area contributed by atoms with Gasteiger partial charge in [0.05, 0.1) is 16.8 Å². The van der Waals surface area contributed by atoms with E-state index in [9.17, 15) is 14.7 Å². The number of carbonyl (C=O) groups excluding carboxylic acids is 1. The number of H-pyrrole nitrogens is 1. The van der Waals surface area contributed by atoms with Gasteiger partial charge in [0.25, 0.3) is 5.91 Å². The molecule has 0 spiro atoms. The Labute approximate surface area is 202 Å². The van der Waals surface area contributed by atoms with Crippen LogP contribution in [-0.4, -0.2) is 52.5 Å². The number of benzene rings is 2. The molecule has 6 N–H and O–H groups in total. The minimum absolute atomic E-state index is 0.239. The number of carbonyl (C=O) groups is 2. The van der Waals surface area contributed by atoms with Crippen molar-refractivity contribution in [2.75, 3.05) is 13.6 Å². The molecule has 2 aromatic heterocycles. The molecule has 4 rings (SSSR count). The molecule has 1 amide bonds. The van der Waals surface area contributed by atoms with Gasteiger partial charge >= 0.3 is 5.97 Å². The Morgan fingerprint density at radius 3 is 2.74 bits per heavy atom. The molecule has 0 saturated heterocycles. The van der Waals surface area contributed by atoms with Crippen LogP contribution in [0.2, 0.25) is 0 Å². The molecular formula is C26H28N6O3. The third kappa shape index (κ3) is 5.24. The number of pyridine rings is 1. The Hall–Kier alpha value is -4.40. The Balaban J connectivity index is 1.65. The fraction of sp³-hybridized carbons (Fsp3) is 0.231. The molecule has 0 aliphatic rings. The second-order valence-corrected chi connectivity index (χ2v) is 8.37. The van der Waals surface area contributed by atoms with Crippen LogP contribution in [0.4, 0.5) is 0 Å². The highest BCUT2D eigenvalue weighted by Gasteiger charge is 2.23. The lowest BCUT2D eigenvalue weighted by Crippen LogP contribution is -2.41. The minimum Gasteiger partial charge on any atom is -0.480 e. The predicted octanol–water partition coefficient (Wildman–Crippen LogP) is 3.19. The van der Waals surface area contributed by atoms with Gasteiger partial charge in [-0.05, 0) is 44.0 Å². The summed E-state index contributed by atoms with van der Waals surface area (Å²) in [7, 11) is 1.56. The van der Waals surface area contributed by atoms with Gasteiger partial charge in [0.1, 0.15) is 6.04 Å². The number of aliphatic imine (C=N–C) groups is 1. The van der Waals surface area contributed by atoms with Crippen LogP contribution in [0.25, 0.3) is 33.1 Å². The van der Waals surface area contributed by atoms with E-state index in [1.54, 1.807) is 13.1 Å². The van der Waals surface area contributed by atoms with Gasteiger partial charge in [-0.2, -0.15) is 0 Å². The van der Waals surface area contributed by atoms with Gasteiger partial charge in [-0.25, -0.2) is 9.78 Å². The van der Waals surface area contributed by atoms with Crippen molar-refractivity contribution >= 4 is 39.6 Å². The zero-order valence-electron chi connectivity index (χ0n) is 19.6. The van der Waals surface area contributed by atoms with Crippen LogP contribution < -0.4 is 16.4 Å². The Bertz CT molecular complexity index is 1430. The molecular weight excluding hydrogens is 444 g/mol. The van der Waals surface area contributed by atoms with Crippen molar-refractivity contribution in [1.82, 2.24) is 20.6 Å². The van der Waals surface area contributed by atoms with E-state index in [1.807, 2.05) is 49.5 Å². The fourth-order valence-electron chi connectivity index (χ4n) is 4.04. The smallest absolute Gasteiger partial charge is 0.326 e. The molecule has 180 valence electrons. The third-order valence-electron chi connectivity index (χ3n) is 5.89. The monoisotopic (exact) mass is 472 g/mol. The summed E-state index contributed by atoms with van der Waals surface area (Å²) in [6.07, 6.45) is 2.61. The van der Waals surface area contributed by atoms with Crippen molar-refractivity contribution in [3.63, 3.8) is 0 Å². The summed E-state index contributed by atoms with van der Waals surface area (Å²) in [6.45, 7) is 2.47. The van der Waals surface area contributed by atoms with Crippen LogP contribution in [0.1, 0.15) is 28.8 Å². The van der Waals surface area contributed by atoms with Crippen molar-refractivity contribution in [2.24, 2.45) is 10.7 Å². The number of aliphatic carboxylic acids is 1. The normalized spacial score (nSPS) is 12.6. The van der Waals surface area contributed by atoms with Crippen LogP contribution in [0.5, 0.6) is 0 Å². The van der Waals surface area contributed by atoms with Gasteiger partial charge in [0.15, 0.2) is 5.96 Å². The summed E-state index contributed by atoms with van der Waals surface area (Å²) in [6, 6.07) is 14.1. The van der Waals surface area contributed by atoms with Crippen LogP contribution in [-0.2, 0) is 4.79 Å². The quantitative estimate of drug-likeness (QED) is 0.151. The number of nitrogens with zero attached hydrogens (tertiary/aromatic N) is 2. The van der Waals surface area contributed by atoms with E-state index < -0.39 is 17.9 Å². The first-order valence-electron chi connectivity index (χ1n) is 11.3. The lowest BCUT2D eigenvalue weighted by Gasteiger charge is -2.16. The van der Waals surface area contributed by atoms with Gasteiger partial charge < -0.3 is 26.5 Å². The van der Waals surface area contributed by atoms with Crippen molar-refractivity contribution in [3.8, 4) is 11.3 Å². The number of fused-ring (bicyclic) bond motifs is 2. The molecule has 9 heteroatoms. The van der Waals surface area contributed by atoms with E-state index in [0.717, 1.165) is 22.0 Å². The van der Waals surface area contributed by atoms with Gasteiger partial charge in [-0.3, -0.25) is 9.79 Å². The highest BCUT2D eigenvalue weighted by molar-refractivity contribution is 6.09. The Morgan fingerprint density at radius 1 is 1.17 bits per heavy atom. The van der Waals surface area contributed by atoms with E-state index in [1.165, 1.54) is 0 Å². The third-order valence-corrected chi connectivity index (χ3v) is 5.89. The zero-order valence-corrected chi connectivity index (χ0v) is 19.6. The van der Waals surface area contributed by atoms with Crippen LogP contribution in [0, 0.1) is 6.92 Å². The molecule has 0 radical (unpaired) electrons. The number of nitrogens with two attached hydrogens (primary N) is 1. The maximum atomic E-state index is 13.3. The topological polar surface area (TPSA) is 145 Å². The first-order valence-corrected chi connectivity index (χ1v) is 11.3. The first kappa shape index (κ1) is 23.7. The maximum Gasteiger partial charge on any atom is 0.326 e. The molecule has 2 heterocycles. The van der Waals surface area contributed by atoms with Crippen LogP contribution >= 0.6 is 0 Å². The minimum atomic E-state index is -1.10. The lowest BCUT2D eigenvalue weighted by atomic mass is 10.0. The highest BCUT2D eigenvalue weighted by atomic mass is 16.4. The number of carboxylic acids is 1. The number of para-hydroxylation sites is 1. The molecule has 0 fully saturated rings. The highest BCUT2D eigenvalue weighted by Crippen LogP contribution is 2.31. The summed E-state index contributed by atoms with van der Waals surface area (Å²) >= 11 is 0. The molecule has 0 bridgehead atoms. The van der Waals surface area contributed by atoms with E-state index in [2.05, 4.69) is 26.7 Å². The summed E-state index contributed by atoms with van der Waals surface area (Å²) in [5.74, 6) is -1.28. The number of aromatic nitrogens is 2. The number of aryl methyl sites for hydroxylation is 1. The maximum absolute atomic E-state index is 13.3. The molecule has 0 aliphatic heterocycles. The molecule has 2 aromatic carbocycles. The molecule has 35 heavy (non-hydrogen) atoms. The molecule has 4 aromatic rings. The summed E-state index contributed by atoms with van der Waals surface area (Å²) in [5.41, 5.74) is 10.2. The average molecular weight is 473 g/mol. The van der Waals surface area contributed by atoms with E-state index >= 15 is 0 Å². The van der Waals surface area contributed by atoms with Crippen molar-refractivity contribution in [1.29, 1.82) is 0 Å². The number of nitrogens with one attached hydrogen (secondary N) is 3. The zero-order chi connectivity index (χ0) is 24.9. The molecule has 1 atom stereocenters. The van der Waals surface area contributed by atoms with E-state index in [-0.39, 0.29) is 12.4 Å². The summed E-state index contributed by atoms with van der Waals surface area (Å²) in [5, 5.41) is 16.9. The number of hydrogen-bond acceptors (Lipinski definition) is 4. The van der Waals surface area contributed by atoms with Gasteiger partial charge in [0, 0.05) is 41.6 Å². The van der Waals surface area contributed by atoms with Crippen LogP contribution in [0.3, 0.4) is 0 Å². The molecule has 9 nitrogen and oxygen atoms in total. The van der Waals surface area contributed by atoms with Crippen molar-refractivity contribution < 1.29 is 14.7 Å². The number of aromatic amines is 1. The molecule has 0 saturated carbocycles. The van der Waals surface area contributed by atoms with Crippen molar-refractivity contribution in [3.05, 3.63) is 65.9 Å². The van der Waals surface area contributed by atoms with E-state index in [0.29, 0.717) is 35.1 Å². The van der Waals surface area contributed by atoms with Crippen molar-refractivity contribution in [2.45, 2.75) is 25.8 Å². The number of hydrogen-bond donors (Lipinski definition) is 5. The second-order valence-electron chi connectivity index (χ2n) is 8.37. The first-order chi connectivity index (χ1) is 16.9. The molecule has 0 unspecified atom stereocenters. The molecule has 0 aliphatic carbocycles. The second kappa shape index (κ2) is 10.3. The van der Waals surface area contributed by atoms with Gasteiger partial charge in [-0.1, -0.05) is 29.8 Å². The van der Waals surface area contributed by atoms with Gasteiger partial charge in [-0.15, -0.1) is 0 Å². The van der Waals surface area contributed by atoms with E-state index in [4.69, 9.17) is 10.7 Å². The number of rotatable bonds is 8. The Morgan fingerprint density at radius 2 is 1.97 bits per heavy atom. The average Bonchev–Trinajstić information content (AvgIpc) is 3.27. The Kier molecular flexibility index (Phi) is 6.96. The lowest BCUT2D eigenvalue weighted by molar-refractivity contribution is -0.139.